The van der Waals surface area contributed by atoms with Crippen LogP contribution in [0.5, 0.6) is 0 Å². The first-order valence-corrected chi connectivity index (χ1v) is 10.4. The number of carbonyl (C=O) groups is 1. The van der Waals surface area contributed by atoms with Crippen molar-refractivity contribution >= 4 is 23.4 Å². The van der Waals surface area contributed by atoms with Gasteiger partial charge in [0.1, 0.15) is 30.5 Å². The second-order valence-corrected chi connectivity index (χ2v) is 7.65. The normalized spacial score (nSPS) is 18.1. The van der Waals surface area contributed by atoms with Gasteiger partial charge in [0, 0.05) is 30.4 Å². The molecule has 1 fully saturated rings. The van der Waals surface area contributed by atoms with E-state index in [-0.39, 0.29) is 6.54 Å². The summed E-state index contributed by atoms with van der Waals surface area (Å²) >= 11 is 0. The minimum Gasteiger partial charge on any atom is -0.442 e. The maximum atomic E-state index is 15.0. The van der Waals surface area contributed by atoms with Crippen LogP contribution in [0.3, 0.4) is 0 Å². The van der Waals surface area contributed by atoms with Gasteiger partial charge in [-0.15, -0.1) is 0 Å². The summed E-state index contributed by atoms with van der Waals surface area (Å²) in [7, 11) is 1.91. The lowest BCUT2D eigenvalue weighted by atomic mass is 10.1. The molecule has 0 radical (unpaired) electrons. The van der Waals surface area contributed by atoms with Gasteiger partial charge in [0.15, 0.2) is 11.7 Å². The van der Waals surface area contributed by atoms with Gasteiger partial charge in [0.2, 0.25) is 0 Å². The smallest absolute Gasteiger partial charge is 0.414 e. The molecule has 0 saturated carbocycles. The van der Waals surface area contributed by atoms with Crippen LogP contribution in [0.25, 0.3) is 11.1 Å². The number of hydrogen-bond acceptors (Lipinski definition) is 9. The van der Waals surface area contributed by atoms with Crippen LogP contribution in [0.1, 0.15) is 5.69 Å². The first-order chi connectivity index (χ1) is 16.1. The van der Waals surface area contributed by atoms with E-state index in [9.17, 15) is 9.18 Å². The Morgan fingerprint density at radius 1 is 1.24 bits per heavy atom. The first kappa shape index (κ1) is 20.7. The van der Waals surface area contributed by atoms with Crippen molar-refractivity contribution < 1.29 is 23.3 Å². The molecule has 0 aliphatic carbocycles. The third kappa shape index (κ3) is 4.29. The fraction of sp³-hybridized carbons (Fsp3) is 0.273. The summed E-state index contributed by atoms with van der Waals surface area (Å²) < 4.78 is 25.1. The monoisotopic (exact) mass is 452 g/mol. The van der Waals surface area contributed by atoms with Crippen LogP contribution in [-0.4, -0.2) is 66.4 Å². The third-order valence-corrected chi connectivity index (χ3v) is 5.42. The lowest BCUT2D eigenvalue weighted by Gasteiger charge is -2.23. The molecule has 11 heteroatoms. The van der Waals surface area contributed by atoms with Crippen LogP contribution in [0.15, 0.2) is 58.5 Å². The van der Waals surface area contributed by atoms with Gasteiger partial charge in [-0.05, 0) is 24.3 Å². The van der Waals surface area contributed by atoms with Crippen molar-refractivity contribution in [1.29, 1.82) is 0 Å². The summed E-state index contributed by atoms with van der Waals surface area (Å²) in [4.78, 5) is 25.2. The highest BCUT2D eigenvalue weighted by atomic mass is 19.1. The van der Waals surface area contributed by atoms with E-state index >= 15 is 0 Å². The number of ether oxygens (including phenoxy) is 1. The molecule has 2 aliphatic heterocycles. The molecule has 2 aliphatic rings. The number of nitrogens with one attached hydrogen (secondary N) is 1. The predicted octanol–water partition coefficient (Wildman–Crippen LogP) is 2.94. The molecule has 0 bridgehead atoms. The molecule has 10 nitrogen and oxygen atoms in total. The number of hydrogen-bond donors (Lipinski definition) is 1. The number of aromatic nitrogens is 2. The van der Waals surface area contributed by atoms with Gasteiger partial charge < -0.3 is 24.3 Å². The molecule has 1 N–H and O–H groups in total. The van der Waals surface area contributed by atoms with Gasteiger partial charge in [-0.1, -0.05) is 16.4 Å². The van der Waals surface area contributed by atoms with Crippen LogP contribution in [0.2, 0.25) is 0 Å². The number of likely N-dealkylation sites (N-methyl/N-ethyl adjacent to an activating group) is 1. The highest BCUT2D eigenvalue weighted by Gasteiger charge is 2.32. The fourth-order valence-corrected chi connectivity index (χ4v) is 3.65. The highest BCUT2D eigenvalue weighted by Crippen LogP contribution is 2.29. The lowest BCUT2D eigenvalue weighted by molar-refractivity contribution is 0.109. The van der Waals surface area contributed by atoms with Crippen LogP contribution < -0.4 is 10.2 Å². The molecule has 2 aromatic heterocycles. The van der Waals surface area contributed by atoms with Gasteiger partial charge >= 0.3 is 6.09 Å². The number of benzene rings is 1. The number of rotatable bonds is 6. The van der Waals surface area contributed by atoms with E-state index in [2.05, 4.69) is 20.6 Å². The number of nitrogens with zero attached hydrogens (tertiary/aromatic N) is 5. The quantitative estimate of drug-likeness (QED) is 0.609. The topological polar surface area (TPSA) is 105 Å². The zero-order valence-corrected chi connectivity index (χ0v) is 17.8. The Balaban J connectivity index is 1.28. The van der Waals surface area contributed by atoms with E-state index in [0.29, 0.717) is 53.9 Å². The summed E-state index contributed by atoms with van der Waals surface area (Å²) in [5.41, 5.74) is 2.06. The highest BCUT2D eigenvalue weighted by molar-refractivity contribution is 5.97. The molecule has 1 saturated heterocycles. The lowest BCUT2D eigenvalue weighted by Crippen LogP contribution is -2.34. The molecule has 1 atom stereocenters. The largest absolute Gasteiger partial charge is 0.442 e. The average Bonchev–Trinajstić information content (AvgIpc) is 3.48. The summed E-state index contributed by atoms with van der Waals surface area (Å²) in [5, 5.41) is 10.8. The van der Waals surface area contributed by atoms with Gasteiger partial charge in [0.25, 0.3) is 0 Å². The summed E-state index contributed by atoms with van der Waals surface area (Å²) in [6, 6.07) is 9.86. The maximum Gasteiger partial charge on any atom is 0.414 e. The van der Waals surface area contributed by atoms with E-state index in [0.717, 1.165) is 0 Å². The molecular weight excluding hydrogens is 431 g/mol. The number of halogens is 1. The number of oxime groups is 1. The van der Waals surface area contributed by atoms with Crippen molar-refractivity contribution in [3.05, 3.63) is 60.4 Å². The van der Waals surface area contributed by atoms with Crippen molar-refractivity contribution in [1.82, 2.24) is 15.0 Å². The Morgan fingerprint density at radius 3 is 2.88 bits per heavy atom. The number of carbonyl (C=O) groups excluding carboxylic acids is 1. The minimum atomic E-state index is -0.528. The summed E-state index contributed by atoms with van der Waals surface area (Å²) in [5.74, 6) is 0.715. The number of anilines is 2. The van der Waals surface area contributed by atoms with Crippen molar-refractivity contribution in [3.63, 3.8) is 0 Å². The molecule has 5 rings (SSSR count). The van der Waals surface area contributed by atoms with Crippen LogP contribution in [-0.2, 0) is 9.57 Å². The molecule has 0 unspecified atom stereocenters. The van der Waals surface area contributed by atoms with Crippen molar-refractivity contribution in [2.75, 3.05) is 43.5 Å². The van der Waals surface area contributed by atoms with E-state index in [1.54, 1.807) is 36.5 Å². The summed E-state index contributed by atoms with van der Waals surface area (Å²) in [6.45, 7) is 1.89. The van der Waals surface area contributed by atoms with Crippen LogP contribution in [0.4, 0.5) is 20.7 Å². The Bertz CT molecular complexity index is 1170. The Kier molecular flexibility index (Phi) is 5.51. The van der Waals surface area contributed by atoms with Crippen molar-refractivity contribution in [3.8, 4) is 11.1 Å². The second kappa shape index (κ2) is 8.77. The number of cyclic esters (lactones) is 1. The standard InChI is InChI=1S/C22H21FN6O4/c1-28-7-9-32-27-21(28)19-5-2-14(11-24-19)17-4-3-15(10-18(17)23)29-13-16(33-22(29)30)12-25-20-6-8-31-26-20/h2-6,8,10-11,16H,7,9,12-13H2,1H3,(H,25,26)/t16-/m0/s1. The molecule has 170 valence electrons. The zero-order chi connectivity index (χ0) is 22.8. The fourth-order valence-electron chi connectivity index (χ4n) is 3.65. The average molecular weight is 452 g/mol. The third-order valence-electron chi connectivity index (χ3n) is 5.42. The van der Waals surface area contributed by atoms with Crippen molar-refractivity contribution in [2.45, 2.75) is 6.10 Å². The zero-order valence-electron chi connectivity index (χ0n) is 17.8. The first-order valence-electron chi connectivity index (χ1n) is 10.4. The van der Waals surface area contributed by atoms with E-state index in [4.69, 9.17) is 14.1 Å². The molecule has 1 aromatic carbocycles. The summed E-state index contributed by atoms with van der Waals surface area (Å²) in [6.07, 6.45) is 2.10. The van der Waals surface area contributed by atoms with Crippen LogP contribution in [0, 0.1) is 5.82 Å². The number of pyridine rings is 1. The van der Waals surface area contributed by atoms with E-state index in [1.807, 2.05) is 11.9 Å². The number of amides is 1. The molecule has 0 spiro atoms. The van der Waals surface area contributed by atoms with Gasteiger partial charge in [0.05, 0.1) is 25.3 Å². The Hall–Kier alpha value is -4.15. The van der Waals surface area contributed by atoms with Crippen LogP contribution >= 0.6 is 0 Å². The van der Waals surface area contributed by atoms with E-state index in [1.165, 1.54) is 17.2 Å². The molecule has 3 aromatic rings. The molecule has 1 amide bonds. The van der Waals surface area contributed by atoms with Gasteiger partial charge in [-0.2, -0.15) is 0 Å². The minimum absolute atomic E-state index is 0.288. The second-order valence-electron chi connectivity index (χ2n) is 7.65. The Labute approximate surface area is 188 Å². The molecule has 33 heavy (non-hydrogen) atoms. The maximum absolute atomic E-state index is 15.0. The van der Waals surface area contributed by atoms with Crippen molar-refractivity contribution in [2.24, 2.45) is 5.16 Å². The molecule has 4 heterocycles. The van der Waals surface area contributed by atoms with Gasteiger partial charge in [-0.3, -0.25) is 9.88 Å². The van der Waals surface area contributed by atoms with E-state index < -0.39 is 18.0 Å². The number of amidine groups is 1. The predicted molar refractivity (Wildman–Crippen MR) is 117 cm³/mol. The van der Waals surface area contributed by atoms with Gasteiger partial charge in [-0.25, -0.2) is 9.18 Å². The SMILES string of the molecule is CN1CCON=C1c1ccc(-c2ccc(N3C[C@H](CNc4ccon4)OC3=O)cc2F)cn1. The molecular formula is C22H21FN6O4. The Morgan fingerprint density at radius 2 is 2.15 bits per heavy atom.